The summed E-state index contributed by atoms with van der Waals surface area (Å²) in [5.41, 5.74) is 2.02. The van der Waals surface area contributed by atoms with E-state index in [2.05, 4.69) is 5.32 Å². The van der Waals surface area contributed by atoms with Crippen molar-refractivity contribution in [2.75, 3.05) is 24.3 Å². The summed E-state index contributed by atoms with van der Waals surface area (Å²) in [7, 11) is 3.37. The Bertz CT molecular complexity index is 1480. The Kier molecular flexibility index (Phi) is 6.64. The van der Waals surface area contributed by atoms with Crippen LogP contribution in [0.3, 0.4) is 0 Å². The van der Waals surface area contributed by atoms with Crippen LogP contribution in [0.5, 0.6) is 17.2 Å². The number of carbonyl (C=O) groups excluding carboxylic acids is 1. The van der Waals surface area contributed by atoms with Gasteiger partial charge in [-0.1, -0.05) is 6.07 Å². The first-order chi connectivity index (χ1) is 17.2. The SMILES string of the molecule is CNc1c(C(C)=N)n(-c2ccc(Oc3ccc(O)cc3)cc2)c(=O)n1-c1cccc(N(C)C(C)=O)c1. The molecule has 4 rings (SSSR count). The Morgan fingerprint density at radius 3 is 2.11 bits per heavy atom. The van der Waals surface area contributed by atoms with E-state index in [9.17, 15) is 14.7 Å². The zero-order valence-corrected chi connectivity index (χ0v) is 20.4. The molecule has 9 nitrogen and oxygen atoms in total. The monoisotopic (exact) mass is 485 g/mol. The Morgan fingerprint density at radius 1 is 0.944 bits per heavy atom. The summed E-state index contributed by atoms with van der Waals surface area (Å²) in [4.78, 5) is 27.1. The summed E-state index contributed by atoms with van der Waals surface area (Å²) in [6, 6.07) is 20.4. The number of carbonyl (C=O) groups is 1. The first kappa shape index (κ1) is 24.3. The Hall–Kier alpha value is -4.79. The molecule has 0 atom stereocenters. The number of aromatic hydroxyl groups is 1. The molecule has 0 aliphatic carbocycles. The molecule has 0 radical (unpaired) electrons. The molecular weight excluding hydrogens is 458 g/mol. The topological polar surface area (TPSA) is 113 Å². The van der Waals surface area contributed by atoms with Gasteiger partial charge in [-0.3, -0.25) is 9.36 Å². The molecule has 3 aromatic carbocycles. The van der Waals surface area contributed by atoms with E-state index in [1.54, 1.807) is 81.7 Å². The minimum atomic E-state index is -0.365. The van der Waals surface area contributed by atoms with Crippen molar-refractivity contribution in [1.82, 2.24) is 9.13 Å². The second-order valence-corrected chi connectivity index (χ2v) is 8.21. The van der Waals surface area contributed by atoms with Crippen molar-refractivity contribution >= 4 is 23.1 Å². The van der Waals surface area contributed by atoms with Crippen molar-refractivity contribution in [3.05, 3.63) is 89.0 Å². The van der Waals surface area contributed by atoms with Gasteiger partial charge in [-0.05, 0) is 73.7 Å². The van der Waals surface area contributed by atoms with Gasteiger partial charge in [0.2, 0.25) is 5.91 Å². The quantitative estimate of drug-likeness (QED) is 0.333. The lowest BCUT2D eigenvalue weighted by atomic mass is 10.2. The number of amides is 1. The van der Waals surface area contributed by atoms with Gasteiger partial charge < -0.3 is 25.5 Å². The summed E-state index contributed by atoms with van der Waals surface area (Å²) in [6.45, 7) is 3.10. The molecule has 0 unspecified atom stereocenters. The lowest BCUT2D eigenvalue weighted by Crippen LogP contribution is -2.25. The third-order valence-electron chi connectivity index (χ3n) is 5.76. The number of aromatic nitrogens is 2. The smallest absolute Gasteiger partial charge is 0.339 e. The summed E-state index contributed by atoms with van der Waals surface area (Å²) in [6.07, 6.45) is 0. The lowest BCUT2D eigenvalue weighted by Gasteiger charge is -2.16. The first-order valence-corrected chi connectivity index (χ1v) is 11.2. The molecule has 0 aliphatic heterocycles. The molecule has 1 heterocycles. The van der Waals surface area contributed by atoms with Gasteiger partial charge in [0, 0.05) is 26.7 Å². The number of phenolic OH excluding ortho intramolecular Hbond substituents is 1. The fraction of sp³-hybridized carbons (Fsp3) is 0.148. The van der Waals surface area contributed by atoms with E-state index in [-0.39, 0.29) is 23.1 Å². The third kappa shape index (κ3) is 4.58. The van der Waals surface area contributed by atoms with Crippen LogP contribution in [0.2, 0.25) is 0 Å². The lowest BCUT2D eigenvalue weighted by molar-refractivity contribution is -0.116. The number of nitrogens with zero attached hydrogens (tertiary/aromatic N) is 3. The standard InChI is InChI=1S/C27H27N5O4/c1-17(28)25-26(29-3)32(21-7-5-6-20(16-21)30(4)18(2)33)27(35)31(25)19-8-12-23(13-9-19)36-24-14-10-22(34)11-15-24/h5-16,28-29,34H,1-4H3. The van der Waals surface area contributed by atoms with Crippen LogP contribution in [0.1, 0.15) is 19.5 Å². The molecule has 0 fully saturated rings. The predicted octanol–water partition coefficient (Wildman–Crippen LogP) is 4.54. The van der Waals surface area contributed by atoms with Crippen LogP contribution < -0.4 is 20.6 Å². The van der Waals surface area contributed by atoms with Crippen molar-refractivity contribution < 1.29 is 14.6 Å². The molecule has 3 N–H and O–H groups in total. The zero-order chi connectivity index (χ0) is 26.0. The first-order valence-electron chi connectivity index (χ1n) is 11.2. The third-order valence-corrected chi connectivity index (χ3v) is 5.76. The van der Waals surface area contributed by atoms with Gasteiger partial charge in [-0.2, -0.15) is 0 Å². The molecule has 184 valence electrons. The van der Waals surface area contributed by atoms with E-state index in [4.69, 9.17) is 10.1 Å². The second kappa shape index (κ2) is 9.83. The minimum absolute atomic E-state index is 0.128. The molecular formula is C27H27N5O4. The molecule has 1 amide bonds. The van der Waals surface area contributed by atoms with E-state index >= 15 is 0 Å². The maximum atomic E-state index is 13.8. The van der Waals surface area contributed by atoms with Crippen LogP contribution >= 0.6 is 0 Å². The number of ether oxygens (including phenoxy) is 1. The fourth-order valence-electron chi connectivity index (χ4n) is 3.89. The van der Waals surface area contributed by atoms with Crippen molar-refractivity contribution in [1.29, 1.82) is 5.41 Å². The van der Waals surface area contributed by atoms with Crippen LogP contribution in [0.4, 0.5) is 11.5 Å². The second-order valence-electron chi connectivity index (χ2n) is 8.21. The minimum Gasteiger partial charge on any atom is -0.508 e. The summed E-state index contributed by atoms with van der Waals surface area (Å²) < 4.78 is 8.78. The highest BCUT2D eigenvalue weighted by Gasteiger charge is 2.23. The highest BCUT2D eigenvalue weighted by molar-refractivity contribution is 6.00. The largest absolute Gasteiger partial charge is 0.508 e. The van der Waals surface area contributed by atoms with Gasteiger partial charge in [0.25, 0.3) is 0 Å². The molecule has 0 bridgehead atoms. The van der Waals surface area contributed by atoms with Gasteiger partial charge in [0.1, 0.15) is 28.8 Å². The van der Waals surface area contributed by atoms with Gasteiger partial charge >= 0.3 is 5.69 Å². The van der Waals surface area contributed by atoms with E-state index in [1.807, 2.05) is 0 Å². The van der Waals surface area contributed by atoms with Gasteiger partial charge in [0.15, 0.2) is 0 Å². The van der Waals surface area contributed by atoms with Crippen molar-refractivity contribution in [3.8, 4) is 28.6 Å². The average molecular weight is 486 g/mol. The normalized spacial score (nSPS) is 10.7. The molecule has 9 heteroatoms. The molecule has 4 aromatic rings. The fourth-order valence-corrected chi connectivity index (χ4v) is 3.89. The molecule has 0 aliphatic rings. The van der Waals surface area contributed by atoms with Gasteiger partial charge in [-0.25, -0.2) is 9.36 Å². The highest BCUT2D eigenvalue weighted by Crippen LogP contribution is 2.28. The molecule has 0 spiro atoms. The number of rotatable bonds is 7. The Labute approximate surface area is 208 Å². The van der Waals surface area contributed by atoms with Crippen LogP contribution in [0.25, 0.3) is 11.4 Å². The Morgan fingerprint density at radius 2 is 1.56 bits per heavy atom. The maximum Gasteiger partial charge on any atom is 0.339 e. The number of anilines is 2. The zero-order valence-electron chi connectivity index (χ0n) is 20.4. The van der Waals surface area contributed by atoms with Crippen LogP contribution in [0.15, 0.2) is 77.6 Å². The predicted molar refractivity (Wildman–Crippen MR) is 141 cm³/mol. The molecule has 36 heavy (non-hydrogen) atoms. The molecule has 0 saturated carbocycles. The van der Waals surface area contributed by atoms with E-state index < -0.39 is 0 Å². The number of hydrogen-bond acceptors (Lipinski definition) is 6. The summed E-state index contributed by atoms with van der Waals surface area (Å²) in [5, 5.41) is 20.9. The van der Waals surface area contributed by atoms with E-state index in [1.165, 1.54) is 33.1 Å². The van der Waals surface area contributed by atoms with Crippen molar-refractivity contribution in [3.63, 3.8) is 0 Å². The van der Waals surface area contributed by atoms with Crippen LogP contribution in [-0.2, 0) is 4.79 Å². The van der Waals surface area contributed by atoms with Crippen molar-refractivity contribution in [2.45, 2.75) is 13.8 Å². The van der Waals surface area contributed by atoms with Gasteiger partial charge in [-0.15, -0.1) is 0 Å². The molecule has 1 aromatic heterocycles. The van der Waals surface area contributed by atoms with E-state index in [0.717, 1.165) is 0 Å². The van der Waals surface area contributed by atoms with E-state index in [0.29, 0.717) is 40.1 Å². The average Bonchev–Trinajstić information content (AvgIpc) is 3.17. The number of benzene rings is 3. The maximum absolute atomic E-state index is 13.8. The van der Waals surface area contributed by atoms with Crippen molar-refractivity contribution in [2.24, 2.45) is 0 Å². The van der Waals surface area contributed by atoms with Crippen LogP contribution in [0, 0.1) is 5.41 Å². The molecule has 0 saturated heterocycles. The number of imidazole rings is 1. The number of nitrogens with one attached hydrogen (secondary N) is 2. The number of phenols is 1. The van der Waals surface area contributed by atoms with Crippen LogP contribution in [-0.4, -0.2) is 40.0 Å². The summed E-state index contributed by atoms with van der Waals surface area (Å²) in [5.74, 6) is 1.60. The number of hydrogen-bond donors (Lipinski definition) is 3. The Balaban J connectivity index is 1.80. The summed E-state index contributed by atoms with van der Waals surface area (Å²) >= 11 is 0. The van der Waals surface area contributed by atoms with Gasteiger partial charge in [0.05, 0.1) is 17.1 Å². The highest BCUT2D eigenvalue weighted by atomic mass is 16.5.